The van der Waals surface area contributed by atoms with Crippen molar-refractivity contribution in [2.75, 3.05) is 68.7 Å². The topological polar surface area (TPSA) is 157 Å². The van der Waals surface area contributed by atoms with Gasteiger partial charge in [0.25, 0.3) is 5.91 Å². The third kappa shape index (κ3) is 6.55. The van der Waals surface area contributed by atoms with Gasteiger partial charge in [0.1, 0.15) is 11.9 Å². The molecule has 4 saturated heterocycles. The van der Waals surface area contributed by atoms with E-state index in [9.17, 15) is 19.2 Å². The fourth-order valence-electron chi connectivity index (χ4n) is 8.08. The molecule has 4 fully saturated rings. The smallest absolute Gasteiger partial charge is 0.256 e. The lowest BCUT2D eigenvalue weighted by atomic mass is 9.82. The van der Waals surface area contributed by atoms with Gasteiger partial charge >= 0.3 is 0 Å². The molecule has 2 aromatic heterocycles. The van der Waals surface area contributed by atoms with E-state index in [4.69, 9.17) is 15.7 Å². The number of carbonyl (C=O) groups excluding carboxylic acids is 4. The van der Waals surface area contributed by atoms with Crippen molar-refractivity contribution in [3.05, 3.63) is 47.4 Å². The number of aromatic nitrogens is 2. The maximum absolute atomic E-state index is 13.0. The number of anilines is 2. The molecule has 3 unspecified atom stereocenters. The van der Waals surface area contributed by atoms with Crippen LogP contribution in [0.25, 0.3) is 0 Å². The highest BCUT2D eigenvalue weighted by molar-refractivity contribution is 6.05. The minimum atomic E-state index is -0.628. The number of nitrogens with one attached hydrogen (secondary N) is 2. The molecule has 0 bridgehead atoms. The number of nitrogens with zero attached hydrogens (tertiary/aromatic N) is 6. The largest absolute Gasteiger partial charge is 0.370 e. The predicted molar refractivity (Wildman–Crippen MR) is 176 cm³/mol. The van der Waals surface area contributed by atoms with Crippen molar-refractivity contribution in [1.82, 2.24) is 30.4 Å². The molecule has 7 rings (SSSR count). The number of carbonyl (C=O) groups is 4. The van der Waals surface area contributed by atoms with Crippen molar-refractivity contribution in [1.29, 1.82) is 0 Å². The first-order valence-electron chi connectivity index (χ1n) is 17.2. The van der Waals surface area contributed by atoms with Crippen LogP contribution in [-0.2, 0) is 20.9 Å². The van der Waals surface area contributed by atoms with Gasteiger partial charge in [-0.15, -0.1) is 0 Å². The second-order valence-corrected chi connectivity index (χ2v) is 13.6. The Labute approximate surface area is 275 Å². The maximum atomic E-state index is 13.0. The molecule has 13 heteroatoms. The van der Waals surface area contributed by atoms with Gasteiger partial charge in [-0.2, -0.15) is 0 Å². The first-order valence-corrected chi connectivity index (χ1v) is 17.2. The number of imide groups is 1. The average Bonchev–Trinajstić information content (AvgIpc) is 3.42. The monoisotopic (exact) mass is 643 g/mol. The molecule has 4 amide bonds. The van der Waals surface area contributed by atoms with E-state index >= 15 is 0 Å². The first-order chi connectivity index (χ1) is 22.9. The average molecular weight is 644 g/mol. The van der Waals surface area contributed by atoms with Crippen LogP contribution in [0.2, 0.25) is 0 Å². The van der Waals surface area contributed by atoms with Crippen LogP contribution in [0.3, 0.4) is 0 Å². The second kappa shape index (κ2) is 13.6. The van der Waals surface area contributed by atoms with Crippen molar-refractivity contribution < 1.29 is 19.2 Å². The minimum absolute atomic E-state index is 0.0101. The Hall–Kier alpha value is -4.10. The summed E-state index contributed by atoms with van der Waals surface area (Å²) in [6.07, 6.45) is 6.64. The van der Waals surface area contributed by atoms with Crippen LogP contribution in [0.4, 0.5) is 11.5 Å². The molecular formula is C34H45N9O4. The third-order valence-corrected chi connectivity index (χ3v) is 10.9. The zero-order chi connectivity index (χ0) is 32.5. The van der Waals surface area contributed by atoms with Crippen molar-refractivity contribution >= 4 is 35.1 Å². The molecule has 3 atom stereocenters. The number of amides is 4. The van der Waals surface area contributed by atoms with Crippen molar-refractivity contribution in [3.63, 3.8) is 0 Å². The van der Waals surface area contributed by atoms with Gasteiger partial charge < -0.3 is 25.8 Å². The number of pyridine rings is 2. The van der Waals surface area contributed by atoms with Crippen molar-refractivity contribution in [2.24, 2.45) is 17.6 Å². The Balaban J connectivity index is 0.879. The Morgan fingerprint density at radius 2 is 1.77 bits per heavy atom. The Morgan fingerprint density at radius 1 is 0.957 bits per heavy atom. The summed E-state index contributed by atoms with van der Waals surface area (Å²) in [6.45, 7) is 8.58. The van der Waals surface area contributed by atoms with Crippen LogP contribution >= 0.6 is 0 Å². The zero-order valence-corrected chi connectivity index (χ0v) is 26.9. The molecule has 250 valence electrons. The van der Waals surface area contributed by atoms with Crippen LogP contribution in [0.15, 0.2) is 30.5 Å². The van der Waals surface area contributed by atoms with Crippen LogP contribution in [0.1, 0.15) is 66.2 Å². The van der Waals surface area contributed by atoms with Gasteiger partial charge in [0.2, 0.25) is 17.7 Å². The van der Waals surface area contributed by atoms with E-state index in [1.54, 1.807) is 4.90 Å². The molecule has 4 N–H and O–H groups in total. The third-order valence-electron chi connectivity index (χ3n) is 10.9. The molecule has 0 aromatic carbocycles. The van der Waals surface area contributed by atoms with Gasteiger partial charge in [0.15, 0.2) is 0 Å². The number of fused-ring (bicyclic) bond motifs is 1. The summed E-state index contributed by atoms with van der Waals surface area (Å²) < 4.78 is 0. The highest BCUT2D eigenvalue weighted by atomic mass is 16.2. The summed E-state index contributed by atoms with van der Waals surface area (Å²) in [5.74, 6) is 0.270. The molecule has 2 aromatic rings. The molecule has 5 aliphatic heterocycles. The summed E-state index contributed by atoms with van der Waals surface area (Å²) in [5, 5.41) is 5.78. The summed E-state index contributed by atoms with van der Waals surface area (Å²) in [4.78, 5) is 67.6. The van der Waals surface area contributed by atoms with E-state index in [1.165, 1.54) is 6.42 Å². The van der Waals surface area contributed by atoms with Gasteiger partial charge in [-0.1, -0.05) is 0 Å². The molecule has 5 aliphatic rings. The van der Waals surface area contributed by atoms with Crippen LogP contribution in [0, 0.1) is 11.8 Å². The highest BCUT2D eigenvalue weighted by Crippen LogP contribution is 2.36. The number of hydrogen-bond acceptors (Lipinski definition) is 10. The quantitative estimate of drug-likeness (QED) is 0.353. The van der Waals surface area contributed by atoms with Gasteiger partial charge in [0.05, 0.1) is 29.2 Å². The van der Waals surface area contributed by atoms with E-state index < -0.39 is 11.9 Å². The normalized spacial score (nSPS) is 26.0. The molecule has 0 saturated carbocycles. The van der Waals surface area contributed by atoms with E-state index in [-0.39, 0.29) is 36.0 Å². The molecule has 47 heavy (non-hydrogen) atoms. The maximum Gasteiger partial charge on any atom is 0.256 e. The molecule has 0 spiro atoms. The number of piperazine rings is 1. The Bertz CT molecular complexity index is 1520. The molecule has 13 nitrogen and oxygen atoms in total. The Kier molecular flexibility index (Phi) is 9.09. The van der Waals surface area contributed by atoms with E-state index in [0.29, 0.717) is 30.1 Å². The van der Waals surface area contributed by atoms with Gasteiger partial charge in [-0.25, -0.2) is 4.98 Å². The van der Waals surface area contributed by atoms with Crippen LogP contribution < -0.4 is 26.2 Å². The summed E-state index contributed by atoms with van der Waals surface area (Å²) >= 11 is 0. The number of nitrogens with two attached hydrogens (primary N) is 1. The number of piperidine rings is 3. The molecule has 0 radical (unpaired) electrons. The van der Waals surface area contributed by atoms with Crippen LogP contribution in [-0.4, -0.2) is 108 Å². The SMILES string of the molecule is NC(=O)C1CCNCC1c1ncccc1N1CCC(CCN2CCN(c3ccc4c(n3)CN(C3CCC(=O)NC3=O)C4=O)CC2)CC1. The van der Waals surface area contributed by atoms with Crippen molar-refractivity contribution in [3.8, 4) is 0 Å². The Morgan fingerprint density at radius 3 is 2.53 bits per heavy atom. The van der Waals surface area contributed by atoms with Crippen molar-refractivity contribution in [2.45, 2.75) is 57.0 Å². The highest BCUT2D eigenvalue weighted by Gasteiger charge is 2.40. The number of primary amides is 1. The predicted octanol–water partition coefficient (Wildman–Crippen LogP) is 0.845. The lowest BCUT2D eigenvalue weighted by Crippen LogP contribution is -2.52. The van der Waals surface area contributed by atoms with Crippen LogP contribution in [0.5, 0.6) is 0 Å². The van der Waals surface area contributed by atoms with E-state index in [2.05, 4.69) is 31.4 Å². The van der Waals surface area contributed by atoms with E-state index in [1.807, 2.05) is 24.4 Å². The molecule has 0 aliphatic carbocycles. The fraction of sp³-hybridized carbons (Fsp3) is 0.588. The van der Waals surface area contributed by atoms with Gasteiger partial charge in [-0.05, 0) is 75.4 Å². The summed E-state index contributed by atoms with van der Waals surface area (Å²) in [7, 11) is 0. The number of hydrogen-bond donors (Lipinski definition) is 3. The molecular weight excluding hydrogens is 598 g/mol. The van der Waals surface area contributed by atoms with Gasteiger partial charge in [-0.3, -0.25) is 34.4 Å². The lowest BCUT2D eigenvalue weighted by Gasteiger charge is -2.39. The first kappa shape index (κ1) is 31.5. The second-order valence-electron chi connectivity index (χ2n) is 13.6. The van der Waals surface area contributed by atoms with Gasteiger partial charge in [0, 0.05) is 70.3 Å². The summed E-state index contributed by atoms with van der Waals surface area (Å²) in [6, 6.07) is 7.27. The van der Waals surface area contributed by atoms with E-state index in [0.717, 1.165) is 95.4 Å². The lowest BCUT2D eigenvalue weighted by molar-refractivity contribution is -0.137. The molecule has 7 heterocycles. The number of rotatable bonds is 8. The standard InChI is InChI=1S/C34H45N9O4/c35-32(45)23-7-12-36-20-25(23)31-27(2-1-11-37-31)41-14-9-22(10-15-41)8-13-40-16-18-42(19-17-40)29-5-3-24-26(38-29)21-43(34(24)47)28-4-6-30(44)39-33(28)46/h1-3,5,11,22-23,25,28,36H,4,6-10,12-21H2,(H2,35,45)(H,39,44,46). The minimum Gasteiger partial charge on any atom is -0.370 e. The fourth-order valence-corrected chi connectivity index (χ4v) is 8.08. The zero-order valence-electron chi connectivity index (χ0n) is 26.9. The summed E-state index contributed by atoms with van der Waals surface area (Å²) in [5.41, 5.74) is 9.17.